The number of hydrogen-bond donors (Lipinski definition) is 1. The molecule has 88 valence electrons. The zero-order valence-electron chi connectivity index (χ0n) is 9.82. The Bertz CT molecular complexity index is 474. The third-order valence-electron chi connectivity index (χ3n) is 2.78. The summed E-state index contributed by atoms with van der Waals surface area (Å²) in [5.41, 5.74) is 0.949. The minimum atomic E-state index is 0.143. The van der Waals surface area contributed by atoms with E-state index in [0.717, 1.165) is 17.9 Å². The molecule has 2 rings (SSSR count). The van der Waals surface area contributed by atoms with Crippen molar-refractivity contribution in [3.63, 3.8) is 0 Å². The lowest BCUT2D eigenvalue weighted by Crippen LogP contribution is -2.22. The van der Waals surface area contributed by atoms with E-state index >= 15 is 0 Å². The van der Waals surface area contributed by atoms with Crippen LogP contribution >= 0.6 is 0 Å². The Hall–Kier alpha value is -1.95. The van der Waals surface area contributed by atoms with Gasteiger partial charge < -0.3 is 9.73 Å². The van der Waals surface area contributed by atoms with E-state index in [1.165, 1.54) is 0 Å². The summed E-state index contributed by atoms with van der Waals surface area (Å²) in [5.74, 6) is 6.91. The molecular formula is C14H15NO2. The van der Waals surface area contributed by atoms with Crippen LogP contribution in [-0.4, -0.2) is 12.3 Å². The molecule has 0 spiro atoms. The van der Waals surface area contributed by atoms with Gasteiger partial charge in [0.05, 0.1) is 12.8 Å². The van der Waals surface area contributed by atoms with Crippen molar-refractivity contribution in [2.75, 3.05) is 6.54 Å². The maximum atomic E-state index is 11.6. The van der Waals surface area contributed by atoms with E-state index in [1.54, 1.807) is 19.3 Å². The van der Waals surface area contributed by atoms with Crippen molar-refractivity contribution in [1.29, 1.82) is 0 Å². The highest BCUT2D eigenvalue weighted by Crippen LogP contribution is 2.30. The Morgan fingerprint density at radius 2 is 2.41 bits per heavy atom. The van der Waals surface area contributed by atoms with Gasteiger partial charge in [0.1, 0.15) is 5.76 Å². The number of nitrogens with one attached hydrogen (secondary N) is 1. The second kappa shape index (κ2) is 5.40. The Morgan fingerprint density at radius 1 is 1.53 bits per heavy atom. The van der Waals surface area contributed by atoms with Crippen LogP contribution in [0.25, 0.3) is 0 Å². The van der Waals surface area contributed by atoms with Crippen molar-refractivity contribution in [2.45, 2.75) is 25.7 Å². The van der Waals surface area contributed by atoms with E-state index in [1.807, 2.05) is 12.1 Å². The molecule has 0 aliphatic heterocycles. The van der Waals surface area contributed by atoms with Crippen LogP contribution in [0, 0.1) is 11.8 Å². The van der Waals surface area contributed by atoms with E-state index in [9.17, 15) is 4.79 Å². The second-order valence-corrected chi connectivity index (χ2v) is 4.04. The molecule has 3 heteroatoms. The van der Waals surface area contributed by atoms with Crippen LogP contribution in [0.3, 0.4) is 0 Å². The first-order valence-electron chi connectivity index (χ1n) is 5.70. The normalized spacial score (nSPS) is 19.2. The summed E-state index contributed by atoms with van der Waals surface area (Å²) >= 11 is 0. The molecular weight excluding hydrogens is 214 g/mol. The first-order chi connectivity index (χ1) is 8.29. The first kappa shape index (κ1) is 11.5. The van der Waals surface area contributed by atoms with Crippen LogP contribution < -0.4 is 5.32 Å². The average molecular weight is 229 g/mol. The Labute approximate surface area is 101 Å². The molecule has 1 unspecified atom stereocenters. The molecule has 0 aromatic carbocycles. The van der Waals surface area contributed by atoms with Crippen LogP contribution in [0.5, 0.6) is 0 Å². The van der Waals surface area contributed by atoms with Crippen LogP contribution in [0.15, 0.2) is 34.6 Å². The number of rotatable bonds is 3. The third-order valence-corrected chi connectivity index (χ3v) is 2.78. The Balaban J connectivity index is 2.03. The predicted octanol–water partition coefficient (Wildman–Crippen LogP) is 2.22. The molecule has 1 aliphatic rings. The number of furan rings is 1. The zero-order chi connectivity index (χ0) is 12.1. The van der Waals surface area contributed by atoms with Gasteiger partial charge in [-0.25, -0.2) is 0 Å². The summed E-state index contributed by atoms with van der Waals surface area (Å²) in [6, 6.07) is 3.78. The third kappa shape index (κ3) is 3.01. The van der Waals surface area contributed by atoms with E-state index in [2.05, 4.69) is 17.2 Å². The highest BCUT2D eigenvalue weighted by Gasteiger charge is 2.23. The van der Waals surface area contributed by atoms with E-state index in [4.69, 9.17) is 4.42 Å². The van der Waals surface area contributed by atoms with E-state index in [0.29, 0.717) is 13.0 Å². The summed E-state index contributed by atoms with van der Waals surface area (Å²) in [5, 5.41) is 3.17. The SMILES string of the molecule is CC#CCNC1=CC(=O)CC(c2ccco2)C1. The maximum Gasteiger partial charge on any atom is 0.158 e. The van der Waals surface area contributed by atoms with Crippen LogP contribution in [0.1, 0.15) is 31.4 Å². The number of allylic oxidation sites excluding steroid dienone is 2. The lowest BCUT2D eigenvalue weighted by Gasteiger charge is -2.20. The molecule has 0 saturated heterocycles. The Kier molecular flexibility index (Phi) is 3.66. The van der Waals surface area contributed by atoms with Crippen molar-refractivity contribution in [3.05, 3.63) is 35.9 Å². The summed E-state index contributed by atoms with van der Waals surface area (Å²) in [6.07, 6.45) is 4.66. The molecule has 0 fully saturated rings. The van der Waals surface area contributed by atoms with Gasteiger partial charge in [-0.1, -0.05) is 5.92 Å². The summed E-state index contributed by atoms with van der Waals surface area (Å²) in [7, 11) is 0. The molecule has 0 amide bonds. The molecule has 1 aliphatic carbocycles. The van der Waals surface area contributed by atoms with Crippen LogP contribution in [0.4, 0.5) is 0 Å². The molecule has 1 aromatic rings. The van der Waals surface area contributed by atoms with E-state index < -0.39 is 0 Å². The Morgan fingerprint density at radius 3 is 3.12 bits per heavy atom. The monoisotopic (exact) mass is 229 g/mol. The predicted molar refractivity (Wildman–Crippen MR) is 65.2 cm³/mol. The number of ketones is 1. The topological polar surface area (TPSA) is 42.2 Å². The van der Waals surface area contributed by atoms with Gasteiger partial charge in [-0.3, -0.25) is 4.79 Å². The van der Waals surface area contributed by atoms with Gasteiger partial charge in [0.2, 0.25) is 0 Å². The molecule has 0 saturated carbocycles. The number of carbonyl (C=O) groups excluding carboxylic acids is 1. The lowest BCUT2D eigenvalue weighted by atomic mass is 9.89. The smallest absolute Gasteiger partial charge is 0.158 e. The first-order valence-corrected chi connectivity index (χ1v) is 5.70. The lowest BCUT2D eigenvalue weighted by molar-refractivity contribution is -0.115. The van der Waals surface area contributed by atoms with Crippen molar-refractivity contribution < 1.29 is 9.21 Å². The van der Waals surface area contributed by atoms with Gasteiger partial charge in [0.15, 0.2) is 5.78 Å². The molecule has 3 nitrogen and oxygen atoms in total. The van der Waals surface area contributed by atoms with Crippen LogP contribution in [0.2, 0.25) is 0 Å². The standard InChI is InChI=1S/C14H15NO2/c1-2-3-6-15-12-8-11(9-13(16)10-12)14-5-4-7-17-14/h4-5,7,10-11,15H,6,8-9H2,1H3. The molecule has 17 heavy (non-hydrogen) atoms. The fourth-order valence-corrected chi connectivity index (χ4v) is 1.99. The molecule has 1 aromatic heterocycles. The van der Waals surface area contributed by atoms with Crippen molar-refractivity contribution in [1.82, 2.24) is 5.32 Å². The zero-order valence-corrected chi connectivity index (χ0v) is 9.82. The molecule has 0 bridgehead atoms. The molecule has 1 heterocycles. The van der Waals surface area contributed by atoms with Gasteiger partial charge in [-0.2, -0.15) is 0 Å². The fraction of sp³-hybridized carbons (Fsp3) is 0.357. The quantitative estimate of drug-likeness (QED) is 0.808. The van der Waals surface area contributed by atoms with Gasteiger partial charge >= 0.3 is 0 Å². The van der Waals surface area contributed by atoms with Gasteiger partial charge in [-0.15, -0.1) is 5.92 Å². The van der Waals surface area contributed by atoms with Crippen molar-refractivity contribution in [2.24, 2.45) is 0 Å². The van der Waals surface area contributed by atoms with Gasteiger partial charge in [0, 0.05) is 24.1 Å². The minimum Gasteiger partial charge on any atom is -0.469 e. The van der Waals surface area contributed by atoms with Gasteiger partial charge in [0.25, 0.3) is 0 Å². The highest BCUT2D eigenvalue weighted by atomic mass is 16.3. The largest absolute Gasteiger partial charge is 0.469 e. The number of hydrogen-bond acceptors (Lipinski definition) is 3. The fourth-order valence-electron chi connectivity index (χ4n) is 1.99. The van der Waals surface area contributed by atoms with Crippen molar-refractivity contribution in [3.8, 4) is 11.8 Å². The summed E-state index contributed by atoms with van der Waals surface area (Å²) in [6.45, 7) is 2.38. The molecule has 1 N–H and O–H groups in total. The van der Waals surface area contributed by atoms with Crippen molar-refractivity contribution >= 4 is 5.78 Å². The summed E-state index contributed by atoms with van der Waals surface area (Å²) in [4.78, 5) is 11.6. The van der Waals surface area contributed by atoms with Gasteiger partial charge in [-0.05, 0) is 25.5 Å². The number of carbonyl (C=O) groups is 1. The highest BCUT2D eigenvalue weighted by molar-refractivity contribution is 5.91. The second-order valence-electron chi connectivity index (χ2n) is 4.04. The minimum absolute atomic E-state index is 0.143. The summed E-state index contributed by atoms with van der Waals surface area (Å²) < 4.78 is 5.36. The van der Waals surface area contributed by atoms with Crippen LogP contribution in [-0.2, 0) is 4.79 Å². The average Bonchev–Trinajstić information content (AvgIpc) is 2.82. The molecule has 1 atom stereocenters. The van der Waals surface area contributed by atoms with E-state index in [-0.39, 0.29) is 11.7 Å². The maximum absolute atomic E-state index is 11.6. The molecule has 0 radical (unpaired) electrons.